The Morgan fingerprint density at radius 3 is 2.15 bits per heavy atom. The van der Waals surface area contributed by atoms with Gasteiger partial charge in [0.15, 0.2) is 11.5 Å². The largest absolute Gasteiger partial charge is 0.493 e. The second-order valence-corrected chi connectivity index (χ2v) is 8.00. The van der Waals surface area contributed by atoms with Crippen molar-refractivity contribution in [2.45, 2.75) is 13.0 Å². The minimum atomic E-state index is -0.716. The Hall–Kier alpha value is -0.560. The van der Waals surface area contributed by atoms with E-state index in [1.54, 1.807) is 14.2 Å². The number of rotatable bonds is 4. The molecule has 2 rings (SSSR count). The molecule has 3 nitrogen and oxygen atoms in total. The highest BCUT2D eigenvalue weighted by atomic mass is 79.9. The van der Waals surface area contributed by atoms with Crippen LogP contribution in [0.15, 0.2) is 25.8 Å². The zero-order valence-corrected chi connectivity index (χ0v) is 15.2. The van der Waals surface area contributed by atoms with Crippen LogP contribution >= 0.6 is 43.2 Å². The third kappa shape index (κ3) is 3.03. The first-order valence-electron chi connectivity index (χ1n) is 5.83. The summed E-state index contributed by atoms with van der Waals surface area (Å²) in [5.74, 6) is 1.27. The van der Waals surface area contributed by atoms with Gasteiger partial charge in [0.1, 0.15) is 6.10 Å². The number of aliphatic hydroxyl groups is 1. The molecule has 20 heavy (non-hydrogen) atoms. The molecule has 1 atom stereocenters. The first-order valence-corrected chi connectivity index (χ1v) is 8.23. The smallest absolute Gasteiger partial charge is 0.161 e. The van der Waals surface area contributed by atoms with Gasteiger partial charge in [-0.3, -0.25) is 0 Å². The lowest BCUT2D eigenvalue weighted by Gasteiger charge is -2.17. The van der Waals surface area contributed by atoms with Gasteiger partial charge in [0.2, 0.25) is 0 Å². The predicted molar refractivity (Wildman–Crippen MR) is 88.1 cm³/mol. The highest BCUT2D eigenvalue weighted by Gasteiger charge is 2.20. The Balaban J connectivity index is 2.49. The third-order valence-corrected chi connectivity index (χ3v) is 5.43. The molecule has 1 aromatic carbocycles. The monoisotopic (exact) mass is 420 g/mol. The van der Waals surface area contributed by atoms with Gasteiger partial charge in [0.25, 0.3) is 0 Å². The molecule has 0 saturated heterocycles. The van der Waals surface area contributed by atoms with Crippen LogP contribution in [-0.2, 0) is 0 Å². The summed E-state index contributed by atoms with van der Waals surface area (Å²) >= 11 is 8.43. The van der Waals surface area contributed by atoms with Crippen LogP contribution in [0.3, 0.4) is 0 Å². The number of aliphatic hydroxyl groups excluding tert-OH is 1. The first-order chi connectivity index (χ1) is 9.47. The van der Waals surface area contributed by atoms with E-state index in [-0.39, 0.29) is 0 Å². The maximum Gasteiger partial charge on any atom is 0.161 e. The van der Waals surface area contributed by atoms with Gasteiger partial charge in [-0.25, -0.2) is 0 Å². The fourth-order valence-electron chi connectivity index (χ4n) is 2.00. The van der Waals surface area contributed by atoms with E-state index in [2.05, 4.69) is 31.9 Å². The van der Waals surface area contributed by atoms with Crippen LogP contribution in [0.4, 0.5) is 0 Å². The van der Waals surface area contributed by atoms with Crippen LogP contribution in [0, 0.1) is 6.92 Å². The van der Waals surface area contributed by atoms with Gasteiger partial charge in [0, 0.05) is 5.56 Å². The van der Waals surface area contributed by atoms with E-state index in [0.717, 1.165) is 24.3 Å². The van der Waals surface area contributed by atoms with E-state index in [1.807, 2.05) is 25.1 Å². The van der Waals surface area contributed by atoms with E-state index in [9.17, 15) is 5.11 Å². The van der Waals surface area contributed by atoms with Crippen molar-refractivity contribution >= 4 is 43.2 Å². The summed E-state index contributed by atoms with van der Waals surface area (Å²) in [5, 5.41) is 10.6. The highest BCUT2D eigenvalue weighted by Crippen LogP contribution is 2.40. The SMILES string of the molecule is COc1cc(C)c(C(O)c2cc(Br)sc2Br)cc1OC. The molecule has 0 bridgehead atoms. The Morgan fingerprint density at radius 1 is 1.05 bits per heavy atom. The van der Waals surface area contributed by atoms with Gasteiger partial charge in [-0.1, -0.05) is 0 Å². The number of thiophene rings is 1. The number of halogens is 2. The lowest BCUT2D eigenvalue weighted by molar-refractivity contribution is 0.218. The molecular weight excluding hydrogens is 408 g/mol. The van der Waals surface area contributed by atoms with E-state index in [1.165, 1.54) is 11.3 Å². The molecule has 0 fully saturated rings. The van der Waals surface area contributed by atoms with E-state index >= 15 is 0 Å². The summed E-state index contributed by atoms with van der Waals surface area (Å²) in [5.41, 5.74) is 2.58. The molecule has 1 unspecified atom stereocenters. The summed E-state index contributed by atoms with van der Waals surface area (Å²) in [7, 11) is 3.18. The van der Waals surface area contributed by atoms with Crippen molar-refractivity contribution in [1.29, 1.82) is 0 Å². The molecule has 0 aliphatic rings. The third-order valence-electron chi connectivity index (χ3n) is 3.04. The molecule has 1 N–H and O–H groups in total. The van der Waals surface area contributed by atoms with Crippen molar-refractivity contribution in [3.63, 3.8) is 0 Å². The van der Waals surface area contributed by atoms with Crippen LogP contribution < -0.4 is 9.47 Å². The number of hydrogen-bond donors (Lipinski definition) is 1. The molecule has 0 aliphatic heterocycles. The van der Waals surface area contributed by atoms with E-state index in [0.29, 0.717) is 11.5 Å². The topological polar surface area (TPSA) is 38.7 Å². The fourth-order valence-corrected chi connectivity index (χ4v) is 4.88. The van der Waals surface area contributed by atoms with Gasteiger partial charge in [0.05, 0.1) is 21.8 Å². The molecular formula is C14H14Br2O3S. The summed E-state index contributed by atoms with van der Waals surface area (Å²) in [4.78, 5) is 0. The number of ether oxygens (including phenoxy) is 2. The molecule has 6 heteroatoms. The van der Waals surface area contributed by atoms with Crippen molar-refractivity contribution in [2.24, 2.45) is 0 Å². The zero-order valence-electron chi connectivity index (χ0n) is 11.2. The number of aryl methyl sites for hydroxylation is 1. The van der Waals surface area contributed by atoms with Gasteiger partial charge >= 0.3 is 0 Å². The number of methoxy groups -OCH3 is 2. The maximum atomic E-state index is 10.6. The van der Waals surface area contributed by atoms with E-state index < -0.39 is 6.10 Å². The highest BCUT2D eigenvalue weighted by molar-refractivity contribution is 9.12. The van der Waals surface area contributed by atoms with Gasteiger partial charge < -0.3 is 14.6 Å². The average molecular weight is 422 g/mol. The van der Waals surface area contributed by atoms with E-state index in [4.69, 9.17) is 9.47 Å². The molecule has 0 amide bonds. The number of hydrogen-bond acceptors (Lipinski definition) is 4. The maximum absolute atomic E-state index is 10.6. The molecule has 2 aromatic rings. The fraction of sp³-hybridized carbons (Fsp3) is 0.286. The summed E-state index contributed by atoms with van der Waals surface area (Å²) in [6.45, 7) is 1.94. The Labute approximate surface area is 138 Å². The van der Waals surface area contributed by atoms with Crippen LogP contribution in [0.1, 0.15) is 22.8 Å². The zero-order chi connectivity index (χ0) is 14.9. The lowest BCUT2D eigenvalue weighted by Crippen LogP contribution is -2.03. The van der Waals surface area contributed by atoms with Crippen LogP contribution in [0.5, 0.6) is 11.5 Å². The van der Waals surface area contributed by atoms with Crippen molar-refractivity contribution in [1.82, 2.24) is 0 Å². The average Bonchev–Trinajstić information content (AvgIpc) is 2.76. The molecule has 108 valence electrons. The molecule has 0 aliphatic carbocycles. The van der Waals surface area contributed by atoms with Crippen molar-refractivity contribution in [3.05, 3.63) is 42.5 Å². The Morgan fingerprint density at radius 2 is 1.65 bits per heavy atom. The van der Waals surface area contributed by atoms with Gasteiger partial charge in [-0.05, 0) is 68.1 Å². The molecule has 1 heterocycles. The lowest BCUT2D eigenvalue weighted by atomic mass is 9.98. The van der Waals surface area contributed by atoms with Crippen LogP contribution in [0.2, 0.25) is 0 Å². The quantitative estimate of drug-likeness (QED) is 0.778. The summed E-state index contributed by atoms with van der Waals surface area (Å²) in [6, 6.07) is 5.60. The predicted octanol–water partition coefficient (Wildman–Crippen LogP) is 4.68. The molecule has 0 radical (unpaired) electrons. The Bertz CT molecular complexity index is 625. The van der Waals surface area contributed by atoms with Gasteiger partial charge in [-0.15, -0.1) is 11.3 Å². The second kappa shape index (κ2) is 6.47. The summed E-state index contributed by atoms with van der Waals surface area (Å²) in [6.07, 6.45) is -0.716. The normalized spacial score (nSPS) is 12.3. The van der Waals surface area contributed by atoms with Crippen LogP contribution in [0.25, 0.3) is 0 Å². The minimum absolute atomic E-state index is 0.609. The number of benzene rings is 1. The van der Waals surface area contributed by atoms with Crippen molar-refractivity contribution in [2.75, 3.05) is 14.2 Å². The van der Waals surface area contributed by atoms with Crippen molar-refractivity contribution in [3.8, 4) is 11.5 Å². The van der Waals surface area contributed by atoms with Crippen LogP contribution in [-0.4, -0.2) is 19.3 Å². The summed E-state index contributed by atoms with van der Waals surface area (Å²) < 4.78 is 12.4. The van der Waals surface area contributed by atoms with Crippen molar-refractivity contribution < 1.29 is 14.6 Å². The van der Waals surface area contributed by atoms with Gasteiger partial charge in [-0.2, -0.15) is 0 Å². The minimum Gasteiger partial charge on any atom is -0.493 e. The molecule has 0 saturated carbocycles. The second-order valence-electron chi connectivity index (χ2n) is 4.25. The Kier molecular flexibility index (Phi) is 5.12. The molecule has 1 aromatic heterocycles. The molecule has 0 spiro atoms. The standard InChI is InChI=1S/C14H14Br2O3S/c1-7-4-10(18-2)11(19-3)5-8(7)13(17)9-6-12(15)20-14(9)16/h4-6,13,17H,1-3H3. The first kappa shape index (κ1) is 15.8.